The van der Waals surface area contributed by atoms with Crippen LogP contribution in [-0.4, -0.2) is 46.9 Å². The van der Waals surface area contributed by atoms with Crippen molar-refractivity contribution in [2.45, 2.75) is 156 Å². The van der Waals surface area contributed by atoms with E-state index >= 15 is 0 Å². The zero-order valence-electron chi connectivity index (χ0n) is 32.7. The normalized spacial score (nSPS) is 12.7. The van der Waals surface area contributed by atoms with Crippen LogP contribution in [0.1, 0.15) is 155 Å². The number of ether oxygens (including phenoxy) is 2. The molecule has 2 aromatic rings. The van der Waals surface area contributed by atoms with Gasteiger partial charge in [-0.05, 0) is 105 Å². The van der Waals surface area contributed by atoms with E-state index in [1.807, 2.05) is 36.0 Å². The molecule has 0 aliphatic rings. The van der Waals surface area contributed by atoms with Crippen LogP contribution in [0.5, 0.6) is 11.5 Å². The monoisotopic (exact) mass is 698 g/mol. The topological polar surface area (TPSA) is 93.1 Å². The summed E-state index contributed by atoms with van der Waals surface area (Å²) >= 11 is 1.88. The standard InChI is InChI=1S/C42H66O6S/c1-39(2,3)31-25-29(26-32(37(31)45)40(4,5)6)17-19-35(43)47-21-13-15-23-49-24-16-14-22-48-36(44)20-18-30-27-33(41(7,8)9)38(46)34(28-30)42(10,11)12/h25-28,45-46H,13-24H2,1-12H3. The van der Waals surface area contributed by atoms with Crippen LogP contribution < -0.4 is 0 Å². The molecule has 7 heteroatoms. The van der Waals surface area contributed by atoms with E-state index in [1.54, 1.807) is 0 Å². The maximum atomic E-state index is 12.4. The fourth-order valence-corrected chi connectivity index (χ4v) is 6.71. The Kier molecular flexibility index (Phi) is 15.6. The summed E-state index contributed by atoms with van der Waals surface area (Å²) in [6.07, 6.45) is 5.48. The molecule has 0 bridgehead atoms. The van der Waals surface area contributed by atoms with Crippen LogP contribution in [-0.2, 0) is 53.6 Å². The summed E-state index contributed by atoms with van der Waals surface area (Å²) in [4.78, 5) is 24.9. The van der Waals surface area contributed by atoms with Gasteiger partial charge in [-0.2, -0.15) is 11.8 Å². The highest BCUT2D eigenvalue weighted by molar-refractivity contribution is 7.99. The Morgan fingerprint density at radius 1 is 0.531 bits per heavy atom. The predicted molar refractivity (Wildman–Crippen MR) is 205 cm³/mol. The summed E-state index contributed by atoms with van der Waals surface area (Å²) < 4.78 is 11.0. The van der Waals surface area contributed by atoms with Gasteiger partial charge in [-0.15, -0.1) is 0 Å². The number of phenols is 2. The Hall–Kier alpha value is -2.67. The predicted octanol–water partition coefficient (Wildman–Crippen LogP) is 10.2. The van der Waals surface area contributed by atoms with Crippen molar-refractivity contribution in [3.63, 3.8) is 0 Å². The van der Waals surface area contributed by atoms with Crippen LogP contribution in [0, 0.1) is 0 Å². The number of phenolic OH excluding ortho intramolecular Hbond substituents is 2. The molecule has 0 fully saturated rings. The SMILES string of the molecule is CC(C)(C)c1cc(CCC(=O)OCCCCSCCCCOC(=O)CCc2cc(C(C)(C)C)c(O)c(C(C)(C)C)c2)cc(C(C)(C)C)c1O. The third kappa shape index (κ3) is 14.2. The van der Waals surface area contributed by atoms with Gasteiger partial charge in [0.2, 0.25) is 0 Å². The second kappa shape index (κ2) is 18.0. The molecule has 0 saturated heterocycles. The van der Waals surface area contributed by atoms with E-state index in [0.717, 1.165) is 70.6 Å². The highest BCUT2D eigenvalue weighted by atomic mass is 32.2. The number of unbranched alkanes of at least 4 members (excludes halogenated alkanes) is 2. The van der Waals surface area contributed by atoms with Crippen molar-refractivity contribution >= 4 is 23.7 Å². The van der Waals surface area contributed by atoms with E-state index in [9.17, 15) is 19.8 Å². The van der Waals surface area contributed by atoms with Crippen LogP contribution in [0.25, 0.3) is 0 Å². The summed E-state index contributed by atoms with van der Waals surface area (Å²) in [6, 6.07) is 8.12. The number of carbonyl (C=O) groups is 2. The Morgan fingerprint density at radius 2 is 0.816 bits per heavy atom. The van der Waals surface area contributed by atoms with E-state index in [2.05, 4.69) is 83.1 Å². The number of hydrogen-bond acceptors (Lipinski definition) is 7. The Bertz CT molecular complexity index is 1210. The minimum atomic E-state index is -0.198. The number of rotatable bonds is 16. The molecule has 0 aromatic heterocycles. The fraction of sp³-hybridized carbons (Fsp3) is 0.667. The van der Waals surface area contributed by atoms with Crippen molar-refractivity contribution in [3.8, 4) is 11.5 Å². The second-order valence-electron chi connectivity index (χ2n) is 17.5. The zero-order valence-corrected chi connectivity index (χ0v) is 33.5. The van der Waals surface area contributed by atoms with Gasteiger partial charge in [0.15, 0.2) is 0 Å². The van der Waals surface area contributed by atoms with Crippen LogP contribution in [0.2, 0.25) is 0 Å². The van der Waals surface area contributed by atoms with E-state index in [1.165, 1.54) is 0 Å². The third-order valence-corrected chi connectivity index (χ3v) is 9.85. The van der Waals surface area contributed by atoms with Gasteiger partial charge in [-0.1, -0.05) is 107 Å². The van der Waals surface area contributed by atoms with Gasteiger partial charge in [0, 0.05) is 12.8 Å². The van der Waals surface area contributed by atoms with Gasteiger partial charge in [-0.3, -0.25) is 9.59 Å². The largest absolute Gasteiger partial charge is 0.507 e. The van der Waals surface area contributed by atoms with Crippen LogP contribution in [0.4, 0.5) is 0 Å². The van der Waals surface area contributed by atoms with Crippen molar-refractivity contribution in [2.24, 2.45) is 0 Å². The lowest BCUT2D eigenvalue weighted by Gasteiger charge is -2.28. The van der Waals surface area contributed by atoms with Crippen LogP contribution in [0.3, 0.4) is 0 Å². The fourth-order valence-electron chi connectivity index (χ4n) is 5.69. The first kappa shape index (κ1) is 42.5. The van der Waals surface area contributed by atoms with Crippen molar-refractivity contribution in [1.82, 2.24) is 0 Å². The molecule has 0 heterocycles. The number of thioether (sulfide) groups is 1. The molecule has 276 valence electrons. The summed E-state index contributed by atoms with van der Waals surface area (Å²) in [6.45, 7) is 26.0. The maximum absolute atomic E-state index is 12.4. The first-order valence-corrected chi connectivity index (χ1v) is 19.3. The molecular weight excluding hydrogens is 633 g/mol. The lowest BCUT2D eigenvalue weighted by molar-refractivity contribution is -0.144. The first-order chi connectivity index (χ1) is 22.5. The third-order valence-electron chi connectivity index (χ3n) is 8.70. The van der Waals surface area contributed by atoms with E-state index < -0.39 is 0 Å². The molecule has 6 nitrogen and oxygen atoms in total. The number of benzene rings is 2. The molecule has 0 aliphatic carbocycles. The molecule has 49 heavy (non-hydrogen) atoms. The average molecular weight is 699 g/mol. The van der Waals surface area contributed by atoms with Gasteiger partial charge in [-0.25, -0.2) is 0 Å². The highest BCUT2D eigenvalue weighted by Gasteiger charge is 2.28. The summed E-state index contributed by atoms with van der Waals surface area (Å²) in [5, 5.41) is 21.9. The molecular formula is C42H66O6S. The van der Waals surface area contributed by atoms with Gasteiger partial charge < -0.3 is 19.7 Å². The van der Waals surface area contributed by atoms with Gasteiger partial charge in [0.1, 0.15) is 11.5 Å². The molecule has 0 spiro atoms. The first-order valence-electron chi connectivity index (χ1n) is 18.1. The lowest BCUT2D eigenvalue weighted by Crippen LogP contribution is -2.18. The Labute approximate surface area is 302 Å². The number of carbonyl (C=O) groups excluding carboxylic acids is 2. The maximum Gasteiger partial charge on any atom is 0.306 e. The number of hydrogen-bond donors (Lipinski definition) is 2. The average Bonchev–Trinajstić information content (AvgIpc) is 2.96. The van der Waals surface area contributed by atoms with Gasteiger partial charge >= 0.3 is 11.9 Å². The molecule has 0 amide bonds. The van der Waals surface area contributed by atoms with E-state index in [-0.39, 0.29) is 33.6 Å². The molecule has 0 aliphatic heterocycles. The summed E-state index contributed by atoms with van der Waals surface area (Å²) in [5.74, 6) is 2.37. The molecule has 0 unspecified atom stereocenters. The quantitative estimate of drug-likeness (QED) is 0.133. The molecule has 2 rings (SSSR count). The molecule has 0 atom stereocenters. The zero-order chi connectivity index (χ0) is 37.2. The smallest absolute Gasteiger partial charge is 0.306 e. The number of esters is 2. The van der Waals surface area contributed by atoms with Gasteiger partial charge in [0.25, 0.3) is 0 Å². The van der Waals surface area contributed by atoms with Crippen LogP contribution >= 0.6 is 11.8 Å². The highest BCUT2D eigenvalue weighted by Crippen LogP contribution is 2.41. The van der Waals surface area contributed by atoms with Crippen molar-refractivity contribution < 1.29 is 29.3 Å². The molecule has 2 aromatic carbocycles. The minimum absolute atomic E-state index is 0.183. The summed E-state index contributed by atoms with van der Waals surface area (Å²) in [5.41, 5.74) is 4.95. The number of aromatic hydroxyl groups is 2. The lowest BCUT2D eigenvalue weighted by atomic mass is 9.78. The van der Waals surface area contributed by atoms with Crippen molar-refractivity contribution in [1.29, 1.82) is 0 Å². The van der Waals surface area contributed by atoms with E-state index in [0.29, 0.717) is 50.4 Å². The van der Waals surface area contributed by atoms with E-state index in [4.69, 9.17) is 9.47 Å². The summed E-state index contributed by atoms with van der Waals surface area (Å²) in [7, 11) is 0. The van der Waals surface area contributed by atoms with Gasteiger partial charge in [0.05, 0.1) is 13.2 Å². The Morgan fingerprint density at radius 3 is 1.08 bits per heavy atom. The Balaban J connectivity index is 1.61. The molecule has 0 saturated carbocycles. The molecule has 2 N–H and O–H groups in total. The second-order valence-corrected chi connectivity index (χ2v) is 18.8. The number of aryl methyl sites for hydroxylation is 2. The van der Waals surface area contributed by atoms with Crippen molar-refractivity contribution in [3.05, 3.63) is 57.6 Å². The van der Waals surface area contributed by atoms with Crippen molar-refractivity contribution in [2.75, 3.05) is 24.7 Å². The molecule has 0 radical (unpaired) electrons. The minimum Gasteiger partial charge on any atom is -0.507 e. The van der Waals surface area contributed by atoms with Crippen LogP contribution in [0.15, 0.2) is 24.3 Å².